The van der Waals surface area contributed by atoms with E-state index < -0.39 is 71.8 Å². The SMILES string of the molecule is CC[C@H]1OC(=O)C(C)C(=O)C(C)C(OC2OC(C)CC(N(C)C)C2OC)C(C)(OC)CC(C)C(N)C(C)C2N(NC)C(=O)OC21C. The average molecular weight is 657 g/mol. The number of nitrogens with two attached hydrogens (primary N) is 1. The van der Waals surface area contributed by atoms with Gasteiger partial charge in [0.15, 0.2) is 17.7 Å². The second-order valence-corrected chi connectivity index (χ2v) is 14.3. The Bertz CT molecular complexity index is 1080. The van der Waals surface area contributed by atoms with Crippen LogP contribution in [0.15, 0.2) is 0 Å². The summed E-state index contributed by atoms with van der Waals surface area (Å²) in [5, 5.41) is 1.42. The number of nitrogens with zero attached hydrogens (tertiary/aromatic N) is 2. The molecule has 0 aromatic heterocycles. The standard InChI is InChI=1S/C33H60N4O9/c1-14-23-33(8)27(37(35-9)31(40)46-33)19(4)24(34)17(2)16-32(7,42-13)28(20(5)25(38)21(6)29(39)44-23)45-30-26(41-12)22(36(10)11)15-18(3)43-30/h17-24,26-28,30,35H,14-16,34H2,1-13H3/t17?,18?,19?,20?,21?,22?,23-,24?,26?,27?,28?,30?,32?,33?/m1/s1. The number of ketones is 1. The van der Waals surface area contributed by atoms with E-state index in [9.17, 15) is 14.4 Å². The van der Waals surface area contributed by atoms with Crippen LogP contribution in [-0.4, -0.2) is 123 Å². The van der Waals surface area contributed by atoms with Crippen LogP contribution in [0.2, 0.25) is 0 Å². The first-order chi connectivity index (χ1) is 21.4. The lowest BCUT2D eigenvalue weighted by Gasteiger charge is -2.48. The number of carbonyl (C=O) groups is 3. The smallest absolute Gasteiger partial charge is 0.425 e. The van der Waals surface area contributed by atoms with Gasteiger partial charge in [-0.2, -0.15) is 0 Å². The zero-order chi connectivity index (χ0) is 34.9. The Morgan fingerprint density at radius 2 is 1.72 bits per heavy atom. The summed E-state index contributed by atoms with van der Waals surface area (Å²) in [5.74, 6) is -3.48. The van der Waals surface area contributed by atoms with Crippen molar-refractivity contribution in [2.24, 2.45) is 29.4 Å². The Morgan fingerprint density at radius 1 is 1.09 bits per heavy atom. The van der Waals surface area contributed by atoms with Gasteiger partial charge in [-0.25, -0.2) is 15.2 Å². The fourth-order valence-corrected chi connectivity index (χ4v) is 8.07. The van der Waals surface area contributed by atoms with Crippen LogP contribution in [-0.2, 0) is 38.0 Å². The monoisotopic (exact) mass is 656 g/mol. The molecule has 0 aromatic carbocycles. The molecule has 3 aliphatic heterocycles. The molecule has 266 valence electrons. The van der Waals surface area contributed by atoms with Crippen molar-refractivity contribution in [3.8, 4) is 0 Å². The van der Waals surface area contributed by atoms with Crippen molar-refractivity contribution in [1.29, 1.82) is 0 Å². The molecule has 3 saturated heterocycles. The van der Waals surface area contributed by atoms with Gasteiger partial charge in [0.05, 0.1) is 23.9 Å². The first kappa shape index (κ1) is 38.6. The summed E-state index contributed by atoms with van der Waals surface area (Å²) < 4.78 is 37.3. The topological polar surface area (TPSA) is 151 Å². The number of likely N-dealkylation sites (N-methyl/N-ethyl adjacent to an activating group) is 1. The molecule has 3 fully saturated rings. The zero-order valence-corrected chi connectivity index (χ0v) is 30.2. The van der Waals surface area contributed by atoms with Gasteiger partial charge in [-0.05, 0) is 72.9 Å². The summed E-state index contributed by atoms with van der Waals surface area (Å²) in [6, 6.07) is -1.04. The van der Waals surface area contributed by atoms with E-state index in [-0.39, 0.29) is 29.8 Å². The molecule has 1 amide bonds. The van der Waals surface area contributed by atoms with E-state index >= 15 is 0 Å². The maximum absolute atomic E-state index is 14.2. The van der Waals surface area contributed by atoms with Gasteiger partial charge < -0.3 is 39.1 Å². The van der Waals surface area contributed by atoms with Crippen LogP contribution in [0.25, 0.3) is 0 Å². The maximum Gasteiger partial charge on any atom is 0.425 e. The number of Topliss-reactive ketones (excluding diaryl/α,β-unsaturated/α-hetero) is 1. The number of nitrogens with one attached hydrogen (secondary N) is 1. The van der Waals surface area contributed by atoms with Gasteiger partial charge in [0.2, 0.25) is 0 Å². The Hall–Kier alpha value is -1.87. The van der Waals surface area contributed by atoms with Gasteiger partial charge in [0.1, 0.15) is 18.1 Å². The number of hydrogen-bond acceptors (Lipinski definition) is 12. The summed E-state index contributed by atoms with van der Waals surface area (Å²) in [5.41, 5.74) is 7.70. The fraction of sp³-hybridized carbons (Fsp3) is 0.909. The quantitative estimate of drug-likeness (QED) is 0.306. The first-order valence-corrected chi connectivity index (χ1v) is 16.7. The molecule has 0 spiro atoms. The Morgan fingerprint density at radius 3 is 2.24 bits per heavy atom. The van der Waals surface area contributed by atoms with Crippen LogP contribution in [0, 0.1) is 23.7 Å². The summed E-state index contributed by atoms with van der Waals surface area (Å²) in [6.45, 7) is 14.8. The van der Waals surface area contributed by atoms with Gasteiger partial charge in [-0.1, -0.05) is 27.7 Å². The van der Waals surface area contributed by atoms with Gasteiger partial charge in [0, 0.05) is 39.3 Å². The van der Waals surface area contributed by atoms with Crippen LogP contribution < -0.4 is 11.2 Å². The normalized spacial score (nSPS) is 44.8. The summed E-state index contributed by atoms with van der Waals surface area (Å²) in [6.07, 6.45) is -2.14. The summed E-state index contributed by atoms with van der Waals surface area (Å²) in [4.78, 5) is 43.1. The number of cyclic esters (lactones) is 1. The van der Waals surface area contributed by atoms with Crippen molar-refractivity contribution >= 4 is 17.8 Å². The molecule has 3 aliphatic rings. The second-order valence-electron chi connectivity index (χ2n) is 14.3. The molecule has 0 saturated carbocycles. The molecule has 0 aromatic rings. The van der Waals surface area contributed by atoms with Crippen LogP contribution in [0.1, 0.15) is 74.7 Å². The van der Waals surface area contributed by atoms with Crippen molar-refractivity contribution in [1.82, 2.24) is 15.3 Å². The van der Waals surface area contributed by atoms with Gasteiger partial charge >= 0.3 is 12.1 Å². The van der Waals surface area contributed by atoms with E-state index in [1.807, 2.05) is 48.7 Å². The number of fused-ring (bicyclic) bond motifs is 1. The van der Waals surface area contributed by atoms with E-state index in [2.05, 4.69) is 10.3 Å². The molecule has 46 heavy (non-hydrogen) atoms. The van der Waals surface area contributed by atoms with E-state index in [4.69, 9.17) is 34.2 Å². The number of methoxy groups -OCH3 is 2. The second kappa shape index (κ2) is 15.1. The third-order valence-corrected chi connectivity index (χ3v) is 10.9. The lowest BCUT2D eigenvalue weighted by molar-refractivity contribution is -0.299. The highest BCUT2D eigenvalue weighted by Crippen LogP contribution is 2.43. The molecule has 3 rings (SSSR count). The number of ether oxygens (including phenoxy) is 6. The fourth-order valence-electron chi connectivity index (χ4n) is 8.07. The maximum atomic E-state index is 14.2. The predicted octanol–water partition coefficient (Wildman–Crippen LogP) is 2.74. The number of hydrazine groups is 1. The average Bonchev–Trinajstić information content (AvgIpc) is 3.28. The number of amides is 1. The Labute approximate surface area is 275 Å². The molecular weight excluding hydrogens is 596 g/mol. The minimum atomic E-state index is -1.23. The molecule has 0 aliphatic carbocycles. The molecule has 0 radical (unpaired) electrons. The van der Waals surface area contributed by atoms with Crippen molar-refractivity contribution < 1.29 is 42.8 Å². The van der Waals surface area contributed by atoms with Crippen molar-refractivity contribution in [2.45, 2.75) is 135 Å². The molecular formula is C33H60N4O9. The van der Waals surface area contributed by atoms with Gasteiger partial charge in [-0.3, -0.25) is 9.59 Å². The molecule has 0 bridgehead atoms. The van der Waals surface area contributed by atoms with Crippen molar-refractivity contribution in [2.75, 3.05) is 35.4 Å². The third-order valence-electron chi connectivity index (χ3n) is 10.9. The highest BCUT2D eigenvalue weighted by molar-refractivity contribution is 6.00. The predicted molar refractivity (Wildman–Crippen MR) is 172 cm³/mol. The molecule has 13 nitrogen and oxygen atoms in total. The van der Waals surface area contributed by atoms with E-state index in [1.54, 1.807) is 42.0 Å². The first-order valence-electron chi connectivity index (χ1n) is 16.7. The van der Waals surface area contributed by atoms with Crippen molar-refractivity contribution in [3.63, 3.8) is 0 Å². The Balaban J connectivity index is 2.14. The number of esters is 1. The Kier molecular flexibility index (Phi) is 12.7. The number of hydrogen-bond donors (Lipinski definition) is 2. The summed E-state index contributed by atoms with van der Waals surface area (Å²) >= 11 is 0. The number of carbonyl (C=O) groups excluding carboxylic acids is 3. The third kappa shape index (κ3) is 7.25. The van der Waals surface area contributed by atoms with Crippen LogP contribution in [0.4, 0.5) is 4.79 Å². The number of rotatable bonds is 7. The minimum absolute atomic E-state index is 0.00548. The van der Waals surface area contributed by atoms with Crippen LogP contribution in [0.5, 0.6) is 0 Å². The highest BCUT2D eigenvalue weighted by Gasteiger charge is 2.60. The van der Waals surface area contributed by atoms with E-state index in [0.717, 1.165) is 6.42 Å². The summed E-state index contributed by atoms with van der Waals surface area (Å²) in [7, 11) is 8.83. The van der Waals surface area contributed by atoms with Crippen LogP contribution in [0.3, 0.4) is 0 Å². The van der Waals surface area contributed by atoms with E-state index in [1.165, 1.54) is 5.01 Å². The van der Waals surface area contributed by atoms with Crippen LogP contribution >= 0.6 is 0 Å². The van der Waals surface area contributed by atoms with E-state index in [0.29, 0.717) is 12.8 Å². The largest absolute Gasteiger partial charge is 0.458 e. The molecule has 3 N–H and O–H groups in total. The zero-order valence-electron chi connectivity index (χ0n) is 30.2. The molecule has 14 atom stereocenters. The van der Waals surface area contributed by atoms with Crippen molar-refractivity contribution in [3.05, 3.63) is 0 Å². The lowest BCUT2D eigenvalue weighted by atomic mass is 9.72. The highest BCUT2D eigenvalue weighted by atomic mass is 16.7. The molecule has 13 heteroatoms. The lowest BCUT2D eigenvalue weighted by Crippen LogP contribution is -2.62. The minimum Gasteiger partial charge on any atom is -0.458 e. The molecule has 3 heterocycles. The van der Waals surface area contributed by atoms with Gasteiger partial charge in [-0.15, -0.1) is 0 Å². The van der Waals surface area contributed by atoms with Gasteiger partial charge in [0.25, 0.3) is 0 Å². The molecule has 13 unspecified atom stereocenters.